The van der Waals surface area contributed by atoms with E-state index >= 15 is 0 Å². The average Bonchev–Trinajstić information content (AvgIpc) is 1.90. The number of likely N-dealkylation sites (N-methyl/N-ethyl adjacent to an activating group) is 1. The molecule has 9 heteroatoms. The number of halogens is 3. The Balaban J connectivity index is 4.50. The topological polar surface area (TPSA) is 63.6 Å². The van der Waals surface area contributed by atoms with Gasteiger partial charge in [-0.3, -0.25) is 4.55 Å². The third-order valence-electron chi connectivity index (χ3n) is 1.57. The number of quaternary nitrogens is 1. The monoisotopic (exact) mass is 266 g/mol. The van der Waals surface area contributed by atoms with E-state index in [1.165, 1.54) is 0 Å². The summed E-state index contributed by atoms with van der Waals surface area (Å²) in [4.78, 5) is 0. The molecule has 0 saturated carbocycles. The van der Waals surface area contributed by atoms with Gasteiger partial charge < -0.3 is 9.22 Å². The lowest BCUT2D eigenvalue weighted by atomic mass is 10.5. The van der Waals surface area contributed by atoms with Crippen molar-refractivity contribution in [2.24, 2.45) is 0 Å². The molecule has 0 aromatic rings. The van der Waals surface area contributed by atoms with Crippen LogP contribution >= 0.6 is 0 Å². The maximum Gasteiger partial charge on any atom is 0.431 e. The van der Waals surface area contributed by atoms with Gasteiger partial charge in [-0.25, -0.2) is 0 Å². The van der Waals surface area contributed by atoms with Gasteiger partial charge in [-0.15, -0.1) is 0 Å². The van der Waals surface area contributed by atoms with Crippen LogP contribution in [0, 0.1) is 0 Å². The van der Waals surface area contributed by atoms with Crippen molar-refractivity contribution in [3.05, 3.63) is 0 Å². The Morgan fingerprint density at radius 2 is 1.75 bits per heavy atom. The number of hydrogen-bond donors (Lipinski definition) is 1. The number of rotatable bonds is 5. The molecule has 0 aliphatic carbocycles. The minimum atomic E-state index is -5.29. The summed E-state index contributed by atoms with van der Waals surface area (Å²) in [5, 5.41) is 0. The van der Waals surface area contributed by atoms with E-state index < -0.39 is 28.3 Å². The molecule has 0 aliphatic rings. The average molecular weight is 266 g/mol. The molecule has 0 aliphatic heterocycles. The van der Waals surface area contributed by atoms with Gasteiger partial charge >= 0.3 is 16.3 Å². The van der Waals surface area contributed by atoms with Crippen molar-refractivity contribution in [1.82, 2.24) is 0 Å². The van der Waals surface area contributed by atoms with Crippen LogP contribution in [0.5, 0.6) is 0 Å². The minimum Gasteiger partial charge on any atom is -0.347 e. The standard InChI is InChI=1S/C7H14F3NO4S/c1-11(2,3)4-5-15-6(7(8,9)10)16(12,13)14/h6H,4-5H2,1-3H3/p+1. The van der Waals surface area contributed by atoms with Gasteiger partial charge in [-0.05, 0) is 0 Å². The first-order valence-corrected chi connectivity index (χ1v) is 5.79. The highest BCUT2D eigenvalue weighted by molar-refractivity contribution is 7.86. The molecule has 1 N–H and O–H groups in total. The summed E-state index contributed by atoms with van der Waals surface area (Å²) in [6.07, 6.45) is -5.14. The zero-order valence-corrected chi connectivity index (χ0v) is 9.97. The smallest absolute Gasteiger partial charge is 0.347 e. The molecule has 0 saturated heterocycles. The molecule has 98 valence electrons. The first kappa shape index (κ1) is 15.6. The largest absolute Gasteiger partial charge is 0.431 e. The van der Waals surface area contributed by atoms with Crippen LogP contribution in [0.3, 0.4) is 0 Å². The van der Waals surface area contributed by atoms with Gasteiger partial charge in [0.15, 0.2) is 0 Å². The van der Waals surface area contributed by atoms with E-state index in [4.69, 9.17) is 4.55 Å². The quantitative estimate of drug-likeness (QED) is 0.581. The van der Waals surface area contributed by atoms with Crippen LogP contribution < -0.4 is 0 Å². The fourth-order valence-electron chi connectivity index (χ4n) is 0.783. The lowest BCUT2D eigenvalue weighted by Gasteiger charge is -2.25. The molecule has 0 aromatic carbocycles. The van der Waals surface area contributed by atoms with Crippen LogP contribution in [0.25, 0.3) is 0 Å². The van der Waals surface area contributed by atoms with E-state index in [-0.39, 0.29) is 6.54 Å². The van der Waals surface area contributed by atoms with Crippen molar-refractivity contribution in [3.63, 3.8) is 0 Å². The second-order valence-electron chi connectivity index (χ2n) is 4.27. The molecular formula is C7H15F3NO4S+. The summed E-state index contributed by atoms with van der Waals surface area (Å²) >= 11 is 0. The van der Waals surface area contributed by atoms with E-state index in [0.717, 1.165) is 0 Å². The maximum atomic E-state index is 12.2. The maximum absolute atomic E-state index is 12.2. The zero-order chi connectivity index (χ0) is 13.2. The third kappa shape index (κ3) is 6.26. The van der Waals surface area contributed by atoms with Crippen molar-refractivity contribution >= 4 is 10.1 Å². The van der Waals surface area contributed by atoms with Crippen molar-refractivity contribution in [1.29, 1.82) is 0 Å². The van der Waals surface area contributed by atoms with Gasteiger partial charge in [0.2, 0.25) is 0 Å². The van der Waals surface area contributed by atoms with Crippen molar-refractivity contribution in [3.8, 4) is 0 Å². The molecule has 0 heterocycles. The lowest BCUT2D eigenvalue weighted by Crippen LogP contribution is -2.43. The number of alkyl halides is 3. The molecule has 1 unspecified atom stereocenters. The molecule has 0 spiro atoms. The normalized spacial score (nSPS) is 16.2. The fourth-order valence-corrected chi connectivity index (χ4v) is 1.39. The first-order chi connectivity index (χ1) is 6.84. The minimum absolute atomic E-state index is 0.183. The fraction of sp³-hybridized carbons (Fsp3) is 1.00. The van der Waals surface area contributed by atoms with Crippen LogP contribution in [-0.2, 0) is 14.9 Å². The molecule has 1 atom stereocenters. The molecule has 0 bridgehead atoms. The van der Waals surface area contributed by atoms with Gasteiger partial charge in [-0.1, -0.05) is 0 Å². The summed E-state index contributed by atoms with van der Waals surface area (Å²) in [5.74, 6) is 0. The van der Waals surface area contributed by atoms with Gasteiger partial charge in [0.1, 0.15) is 6.54 Å². The Morgan fingerprint density at radius 3 is 2.00 bits per heavy atom. The van der Waals surface area contributed by atoms with Gasteiger partial charge in [-0.2, -0.15) is 21.6 Å². The Bertz CT molecular complexity index is 320. The van der Waals surface area contributed by atoms with Crippen LogP contribution in [0.2, 0.25) is 0 Å². The molecule has 0 aromatic heterocycles. The summed E-state index contributed by atoms with van der Waals surface area (Å²) in [5.41, 5.74) is -3.17. The first-order valence-electron chi connectivity index (χ1n) is 4.29. The third-order valence-corrected chi connectivity index (χ3v) is 2.51. The predicted molar refractivity (Wildman–Crippen MR) is 50.2 cm³/mol. The Hall–Kier alpha value is -0.380. The van der Waals surface area contributed by atoms with E-state index in [2.05, 4.69) is 4.74 Å². The summed E-state index contributed by atoms with van der Waals surface area (Å²) in [6, 6.07) is 0. The summed E-state index contributed by atoms with van der Waals surface area (Å²) < 4.78 is 70.2. The molecule has 5 nitrogen and oxygen atoms in total. The van der Waals surface area contributed by atoms with Gasteiger partial charge in [0, 0.05) is 0 Å². The van der Waals surface area contributed by atoms with Crippen LogP contribution in [-0.4, -0.2) is 63.4 Å². The highest BCUT2D eigenvalue weighted by Crippen LogP contribution is 2.26. The number of ether oxygens (including phenoxy) is 1. The highest BCUT2D eigenvalue weighted by Gasteiger charge is 2.49. The molecule has 0 rings (SSSR count). The molecule has 16 heavy (non-hydrogen) atoms. The van der Waals surface area contributed by atoms with Gasteiger partial charge in [0.05, 0.1) is 27.7 Å². The number of hydrogen-bond acceptors (Lipinski definition) is 3. The van der Waals surface area contributed by atoms with Gasteiger partial charge in [0.25, 0.3) is 5.44 Å². The van der Waals surface area contributed by atoms with E-state index in [1.54, 1.807) is 21.1 Å². The summed E-state index contributed by atoms with van der Waals surface area (Å²) in [6.45, 7) is -0.241. The van der Waals surface area contributed by atoms with E-state index in [0.29, 0.717) is 4.48 Å². The SMILES string of the molecule is C[N+](C)(C)CCOC(C(F)(F)F)S(=O)(=O)O. The lowest BCUT2D eigenvalue weighted by molar-refractivity contribution is -0.870. The zero-order valence-electron chi connectivity index (χ0n) is 9.15. The van der Waals surface area contributed by atoms with Crippen LogP contribution in [0.4, 0.5) is 13.2 Å². The van der Waals surface area contributed by atoms with E-state index in [1.807, 2.05) is 0 Å². The second kappa shape index (κ2) is 4.86. The molecule has 0 radical (unpaired) electrons. The molecular weight excluding hydrogens is 251 g/mol. The van der Waals surface area contributed by atoms with Crippen LogP contribution in [0.15, 0.2) is 0 Å². The Kier molecular flexibility index (Phi) is 4.75. The highest BCUT2D eigenvalue weighted by atomic mass is 32.2. The molecule has 0 fully saturated rings. The number of nitrogens with zero attached hydrogens (tertiary/aromatic N) is 1. The second-order valence-corrected chi connectivity index (χ2v) is 5.73. The van der Waals surface area contributed by atoms with E-state index in [9.17, 15) is 21.6 Å². The van der Waals surface area contributed by atoms with Crippen molar-refractivity contribution in [2.45, 2.75) is 11.6 Å². The van der Waals surface area contributed by atoms with Crippen molar-refractivity contribution < 1.29 is 35.4 Å². The predicted octanol–water partition coefficient (Wildman–Crippen LogP) is 0.485. The van der Waals surface area contributed by atoms with Crippen molar-refractivity contribution in [2.75, 3.05) is 34.3 Å². The van der Waals surface area contributed by atoms with Crippen LogP contribution in [0.1, 0.15) is 0 Å². The Labute approximate surface area is 92.1 Å². The molecule has 0 amide bonds. The summed E-state index contributed by atoms with van der Waals surface area (Å²) in [7, 11) is -0.171. The Morgan fingerprint density at radius 1 is 1.31 bits per heavy atom.